The number of anilines is 1. The first-order chi connectivity index (χ1) is 13.6. The zero-order chi connectivity index (χ0) is 19.7. The van der Waals surface area contributed by atoms with E-state index >= 15 is 0 Å². The molecule has 2 aliphatic heterocycles. The normalized spacial score (nSPS) is 16.5. The quantitative estimate of drug-likeness (QED) is 0.723. The Morgan fingerprint density at radius 3 is 2.39 bits per heavy atom. The molecule has 1 saturated heterocycles. The lowest BCUT2D eigenvalue weighted by atomic mass is 10.1. The van der Waals surface area contributed by atoms with Crippen molar-refractivity contribution in [2.24, 2.45) is 0 Å². The Labute approximate surface area is 166 Å². The van der Waals surface area contributed by atoms with Crippen LogP contribution < -0.4 is 4.90 Å². The van der Waals surface area contributed by atoms with Gasteiger partial charge in [0.1, 0.15) is 0 Å². The topological polar surface area (TPSA) is 86.7 Å². The third-order valence-electron chi connectivity index (χ3n) is 4.96. The molecule has 4 rings (SSSR count). The van der Waals surface area contributed by atoms with Gasteiger partial charge in [-0.15, -0.1) is 0 Å². The molecular weight excluding hydrogens is 382 g/mol. The van der Waals surface area contributed by atoms with Gasteiger partial charge < -0.3 is 9.80 Å². The molecular formula is C19H18ClN5O3. The molecule has 3 heterocycles. The highest BCUT2D eigenvalue weighted by Crippen LogP contribution is 2.29. The number of amides is 3. The molecule has 0 aliphatic carbocycles. The second-order valence-corrected chi connectivity index (χ2v) is 7.00. The molecule has 9 heteroatoms. The molecule has 1 aromatic heterocycles. The minimum Gasteiger partial charge on any atom is -0.339 e. The summed E-state index contributed by atoms with van der Waals surface area (Å²) in [5, 5.41) is 0.254. The van der Waals surface area contributed by atoms with E-state index in [1.165, 1.54) is 0 Å². The molecule has 3 amide bonds. The predicted octanol–water partition coefficient (Wildman–Crippen LogP) is 1.46. The largest absolute Gasteiger partial charge is 0.339 e. The predicted molar refractivity (Wildman–Crippen MR) is 102 cm³/mol. The van der Waals surface area contributed by atoms with Crippen LogP contribution in [-0.2, 0) is 4.79 Å². The van der Waals surface area contributed by atoms with E-state index in [0.29, 0.717) is 37.7 Å². The van der Waals surface area contributed by atoms with Crippen LogP contribution in [0.4, 0.5) is 5.95 Å². The summed E-state index contributed by atoms with van der Waals surface area (Å²) in [5.74, 6) is -0.278. The van der Waals surface area contributed by atoms with Crippen LogP contribution in [0.1, 0.15) is 27.1 Å². The average Bonchev–Trinajstić information content (AvgIpc) is 2.98. The van der Waals surface area contributed by atoms with E-state index in [9.17, 15) is 14.4 Å². The Balaban J connectivity index is 1.33. The second-order valence-electron chi connectivity index (χ2n) is 6.59. The molecule has 28 heavy (non-hydrogen) atoms. The Morgan fingerprint density at radius 2 is 1.71 bits per heavy atom. The van der Waals surface area contributed by atoms with Gasteiger partial charge in [0.05, 0.1) is 16.1 Å². The number of nitrogens with zero attached hydrogens (tertiary/aromatic N) is 5. The molecule has 0 spiro atoms. The number of hydrogen-bond acceptors (Lipinski definition) is 6. The number of carbonyl (C=O) groups excluding carboxylic acids is 3. The zero-order valence-electron chi connectivity index (χ0n) is 15.0. The van der Waals surface area contributed by atoms with Crippen LogP contribution in [0.15, 0.2) is 36.7 Å². The summed E-state index contributed by atoms with van der Waals surface area (Å²) in [6.07, 6.45) is 3.47. The Hall–Kier alpha value is -3.00. The van der Waals surface area contributed by atoms with Gasteiger partial charge in [-0.3, -0.25) is 19.3 Å². The highest BCUT2D eigenvalue weighted by Gasteiger charge is 2.37. The van der Waals surface area contributed by atoms with Crippen molar-refractivity contribution in [2.45, 2.75) is 6.42 Å². The monoisotopic (exact) mass is 399 g/mol. The lowest BCUT2D eigenvalue weighted by Crippen LogP contribution is -2.49. The fourth-order valence-corrected chi connectivity index (χ4v) is 3.73. The molecule has 0 N–H and O–H groups in total. The lowest BCUT2D eigenvalue weighted by Gasteiger charge is -2.34. The van der Waals surface area contributed by atoms with Crippen molar-refractivity contribution < 1.29 is 14.4 Å². The Kier molecular flexibility index (Phi) is 4.95. The van der Waals surface area contributed by atoms with Crippen LogP contribution in [0.3, 0.4) is 0 Å². The highest BCUT2D eigenvalue weighted by molar-refractivity contribution is 6.37. The van der Waals surface area contributed by atoms with Crippen molar-refractivity contribution in [2.75, 3.05) is 37.6 Å². The number of benzene rings is 1. The van der Waals surface area contributed by atoms with Crippen LogP contribution in [-0.4, -0.2) is 70.2 Å². The molecule has 1 aromatic carbocycles. The first kappa shape index (κ1) is 18.4. The first-order valence-electron chi connectivity index (χ1n) is 9.00. The molecule has 0 unspecified atom stereocenters. The summed E-state index contributed by atoms with van der Waals surface area (Å²) < 4.78 is 0. The van der Waals surface area contributed by atoms with E-state index in [1.807, 2.05) is 4.90 Å². The third-order valence-corrected chi connectivity index (χ3v) is 5.28. The van der Waals surface area contributed by atoms with Gasteiger partial charge in [0.15, 0.2) is 0 Å². The van der Waals surface area contributed by atoms with Gasteiger partial charge in [0.25, 0.3) is 11.8 Å². The molecule has 0 radical (unpaired) electrons. The number of carbonyl (C=O) groups is 3. The van der Waals surface area contributed by atoms with Gasteiger partial charge in [0, 0.05) is 51.5 Å². The summed E-state index contributed by atoms with van der Waals surface area (Å²) in [5.41, 5.74) is 0.513. The number of piperazine rings is 1. The van der Waals surface area contributed by atoms with Gasteiger partial charge in [0.2, 0.25) is 11.9 Å². The number of hydrogen-bond donors (Lipinski definition) is 0. The van der Waals surface area contributed by atoms with Crippen molar-refractivity contribution in [3.8, 4) is 0 Å². The van der Waals surface area contributed by atoms with E-state index in [2.05, 4.69) is 9.97 Å². The Morgan fingerprint density at radius 1 is 1.00 bits per heavy atom. The summed E-state index contributed by atoms with van der Waals surface area (Å²) in [6.45, 7) is 2.41. The van der Waals surface area contributed by atoms with Crippen LogP contribution >= 0.6 is 11.6 Å². The summed E-state index contributed by atoms with van der Waals surface area (Å²) in [6, 6.07) is 6.55. The van der Waals surface area contributed by atoms with Gasteiger partial charge in [-0.1, -0.05) is 17.7 Å². The van der Waals surface area contributed by atoms with E-state index in [0.717, 1.165) is 4.90 Å². The molecule has 2 aliphatic rings. The smallest absolute Gasteiger partial charge is 0.263 e. The minimum absolute atomic E-state index is 0.0452. The van der Waals surface area contributed by atoms with Crippen molar-refractivity contribution in [3.63, 3.8) is 0 Å². The summed E-state index contributed by atoms with van der Waals surface area (Å²) in [4.78, 5) is 50.8. The van der Waals surface area contributed by atoms with Crippen LogP contribution in [0.5, 0.6) is 0 Å². The van der Waals surface area contributed by atoms with Crippen molar-refractivity contribution in [1.82, 2.24) is 19.8 Å². The number of aromatic nitrogens is 2. The van der Waals surface area contributed by atoms with E-state index < -0.39 is 11.8 Å². The molecule has 2 aromatic rings. The first-order valence-corrected chi connectivity index (χ1v) is 9.38. The molecule has 0 bridgehead atoms. The van der Waals surface area contributed by atoms with Gasteiger partial charge in [-0.25, -0.2) is 9.97 Å². The number of fused-ring (bicyclic) bond motifs is 1. The average molecular weight is 400 g/mol. The van der Waals surface area contributed by atoms with E-state index in [4.69, 9.17) is 11.6 Å². The van der Waals surface area contributed by atoms with E-state index in [-0.39, 0.29) is 29.5 Å². The van der Waals surface area contributed by atoms with Gasteiger partial charge >= 0.3 is 0 Å². The maximum Gasteiger partial charge on any atom is 0.263 e. The number of halogens is 1. The fraction of sp³-hybridized carbons (Fsp3) is 0.316. The van der Waals surface area contributed by atoms with Gasteiger partial charge in [-0.2, -0.15) is 0 Å². The molecule has 0 atom stereocenters. The summed E-state index contributed by atoms with van der Waals surface area (Å²) in [7, 11) is 0. The standard InChI is InChI=1S/C19H18ClN5O3/c20-14-4-1-3-13-16(14)18(28)25(17(13)27)8-5-15(26)23-9-11-24(12-10-23)19-21-6-2-7-22-19/h1-4,6-7H,5,8-12H2. The third kappa shape index (κ3) is 3.31. The Bertz CT molecular complexity index is 928. The lowest BCUT2D eigenvalue weighted by molar-refractivity contribution is -0.131. The maximum atomic E-state index is 12.6. The number of rotatable bonds is 4. The highest BCUT2D eigenvalue weighted by atomic mass is 35.5. The minimum atomic E-state index is -0.440. The fourth-order valence-electron chi connectivity index (χ4n) is 3.47. The molecule has 0 saturated carbocycles. The number of imide groups is 1. The van der Waals surface area contributed by atoms with Crippen molar-refractivity contribution in [3.05, 3.63) is 52.8 Å². The maximum absolute atomic E-state index is 12.6. The summed E-state index contributed by atoms with van der Waals surface area (Å²) >= 11 is 6.05. The molecule has 8 nitrogen and oxygen atoms in total. The van der Waals surface area contributed by atoms with Crippen molar-refractivity contribution in [1.29, 1.82) is 0 Å². The second kappa shape index (κ2) is 7.55. The van der Waals surface area contributed by atoms with E-state index in [1.54, 1.807) is 41.6 Å². The SMILES string of the molecule is O=C(CCN1C(=O)c2cccc(Cl)c2C1=O)N1CCN(c2ncccn2)CC1. The van der Waals surface area contributed by atoms with Crippen LogP contribution in [0, 0.1) is 0 Å². The molecule has 144 valence electrons. The van der Waals surface area contributed by atoms with Gasteiger partial charge in [-0.05, 0) is 18.2 Å². The molecule has 1 fully saturated rings. The van der Waals surface area contributed by atoms with Crippen LogP contribution in [0.2, 0.25) is 5.02 Å². The van der Waals surface area contributed by atoms with Crippen molar-refractivity contribution >= 4 is 35.3 Å². The van der Waals surface area contributed by atoms with Crippen LogP contribution in [0.25, 0.3) is 0 Å². The zero-order valence-corrected chi connectivity index (χ0v) is 15.8.